The molecule has 1 amide bonds. The fourth-order valence-electron chi connectivity index (χ4n) is 2.77. The van der Waals surface area contributed by atoms with Crippen LogP contribution in [0.25, 0.3) is 10.8 Å². The zero-order valence-electron chi connectivity index (χ0n) is 15.0. The molecule has 27 heavy (non-hydrogen) atoms. The first kappa shape index (κ1) is 18.7. The number of nitrogens with zero attached hydrogens (tertiary/aromatic N) is 2. The molecule has 0 unspecified atom stereocenters. The molecule has 3 N–H and O–H groups in total. The Balaban J connectivity index is 2.13. The number of aromatic nitrogens is 2. The number of rotatable bonds is 3. The van der Waals surface area contributed by atoms with Crippen LogP contribution in [-0.2, 0) is 17.1 Å². The number of nitrogens with one attached hydrogen (secondary N) is 1. The SMILES string of the molecule is Cc1cc(S(N)(=O)=O)cc(NC(=O)c2nn(C)c(=O)c3ccccc23)c1C. The number of primary sulfonamides is 1. The van der Waals surface area contributed by atoms with Crippen molar-refractivity contribution in [3.05, 3.63) is 63.6 Å². The van der Waals surface area contributed by atoms with Crippen molar-refractivity contribution in [3.63, 3.8) is 0 Å². The highest BCUT2D eigenvalue weighted by Crippen LogP contribution is 2.24. The molecule has 1 aromatic heterocycles. The number of benzene rings is 2. The zero-order valence-corrected chi connectivity index (χ0v) is 15.8. The lowest BCUT2D eigenvalue weighted by Crippen LogP contribution is -2.25. The molecule has 0 fully saturated rings. The molecule has 2 aromatic carbocycles. The third kappa shape index (κ3) is 3.46. The Morgan fingerprint density at radius 1 is 1.15 bits per heavy atom. The van der Waals surface area contributed by atoms with E-state index in [1.54, 1.807) is 38.1 Å². The second-order valence-corrected chi connectivity index (χ2v) is 7.80. The molecule has 0 spiro atoms. The van der Waals surface area contributed by atoms with Crippen LogP contribution < -0.4 is 16.0 Å². The summed E-state index contributed by atoms with van der Waals surface area (Å²) in [4.78, 5) is 25.0. The topological polar surface area (TPSA) is 124 Å². The second-order valence-electron chi connectivity index (χ2n) is 6.23. The van der Waals surface area contributed by atoms with E-state index in [0.29, 0.717) is 27.6 Å². The van der Waals surface area contributed by atoms with Crippen LogP contribution in [0.2, 0.25) is 0 Å². The number of carbonyl (C=O) groups is 1. The minimum atomic E-state index is -3.92. The molecule has 3 rings (SSSR count). The fraction of sp³-hybridized carbons (Fsp3) is 0.167. The number of amides is 1. The molecule has 8 nitrogen and oxygen atoms in total. The molecule has 1 heterocycles. The van der Waals surface area contributed by atoms with Crippen molar-refractivity contribution in [2.24, 2.45) is 12.2 Å². The molecule has 9 heteroatoms. The Hall–Kier alpha value is -3.04. The first-order chi connectivity index (χ1) is 12.6. The summed E-state index contributed by atoms with van der Waals surface area (Å²) in [5.41, 5.74) is 1.42. The molecule has 0 aliphatic heterocycles. The Morgan fingerprint density at radius 2 is 1.78 bits per heavy atom. The standard InChI is InChI=1S/C18H18N4O4S/c1-10-8-12(27(19,25)26)9-15(11(10)2)20-17(23)16-13-6-4-5-7-14(13)18(24)22(3)21-16/h4-9H,1-3H3,(H,20,23)(H2,19,25,26). The predicted octanol–water partition coefficient (Wildman–Crippen LogP) is 1.45. The summed E-state index contributed by atoms with van der Waals surface area (Å²) in [6.07, 6.45) is 0. The molecular weight excluding hydrogens is 368 g/mol. The third-order valence-electron chi connectivity index (χ3n) is 4.39. The van der Waals surface area contributed by atoms with Crippen LogP contribution in [0.3, 0.4) is 0 Å². The maximum atomic E-state index is 12.8. The zero-order chi connectivity index (χ0) is 19.9. The van der Waals surface area contributed by atoms with Gasteiger partial charge >= 0.3 is 0 Å². The number of sulfonamides is 1. The van der Waals surface area contributed by atoms with E-state index in [1.165, 1.54) is 19.2 Å². The van der Waals surface area contributed by atoms with E-state index in [1.807, 2.05) is 0 Å². The lowest BCUT2D eigenvalue weighted by Gasteiger charge is -2.13. The molecule has 0 bridgehead atoms. The number of anilines is 1. The molecule has 0 saturated heterocycles. The van der Waals surface area contributed by atoms with Crippen LogP contribution in [-0.4, -0.2) is 24.1 Å². The lowest BCUT2D eigenvalue weighted by atomic mass is 10.1. The van der Waals surface area contributed by atoms with Gasteiger partial charge in [-0.3, -0.25) is 9.59 Å². The maximum Gasteiger partial charge on any atom is 0.276 e. The van der Waals surface area contributed by atoms with Crippen molar-refractivity contribution in [1.29, 1.82) is 0 Å². The molecular formula is C18H18N4O4S. The third-order valence-corrected chi connectivity index (χ3v) is 5.28. The van der Waals surface area contributed by atoms with Crippen molar-refractivity contribution >= 4 is 32.4 Å². The van der Waals surface area contributed by atoms with Gasteiger partial charge in [0.25, 0.3) is 11.5 Å². The van der Waals surface area contributed by atoms with Gasteiger partial charge in [-0.2, -0.15) is 5.10 Å². The summed E-state index contributed by atoms with van der Waals surface area (Å²) in [6.45, 7) is 3.48. The summed E-state index contributed by atoms with van der Waals surface area (Å²) in [5.74, 6) is -0.559. The average molecular weight is 386 g/mol. The summed E-state index contributed by atoms with van der Waals surface area (Å²) in [7, 11) is -2.46. The lowest BCUT2D eigenvalue weighted by molar-refractivity contribution is 0.102. The molecule has 0 radical (unpaired) electrons. The highest BCUT2D eigenvalue weighted by Gasteiger charge is 2.18. The number of aryl methyl sites for hydroxylation is 2. The number of fused-ring (bicyclic) bond motifs is 1. The summed E-state index contributed by atoms with van der Waals surface area (Å²) >= 11 is 0. The monoisotopic (exact) mass is 386 g/mol. The van der Waals surface area contributed by atoms with Crippen molar-refractivity contribution in [1.82, 2.24) is 9.78 Å². The minimum absolute atomic E-state index is 0.0609. The van der Waals surface area contributed by atoms with Crippen LogP contribution in [0, 0.1) is 13.8 Å². The number of nitrogens with two attached hydrogens (primary N) is 1. The van der Waals surface area contributed by atoms with Gasteiger partial charge in [-0.05, 0) is 43.2 Å². The van der Waals surface area contributed by atoms with Crippen molar-refractivity contribution in [3.8, 4) is 0 Å². The first-order valence-corrected chi connectivity index (χ1v) is 9.55. The van der Waals surface area contributed by atoms with E-state index in [2.05, 4.69) is 10.4 Å². The summed E-state index contributed by atoms with van der Waals surface area (Å²) < 4.78 is 24.4. The van der Waals surface area contributed by atoms with Gasteiger partial charge in [0.15, 0.2) is 5.69 Å². The van der Waals surface area contributed by atoms with E-state index >= 15 is 0 Å². The van der Waals surface area contributed by atoms with Gasteiger partial charge in [0.05, 0.1) is 10.3 Å². The Labute approximate surface area is 155 Å². The Kier molecular flexibility index (Phi) is 4.58. The van der Waals surface area contributed by atoms with Crippen molar-refractivity contribution in [2.75, 3.05) is 5.32 Å². The quantitative estimate of drug-likeness (QED) is 0.705. The van der Waals surface area contributed by atoms with Crippen LogP contribution in [0.1, 0.15) is 21.6 Å². The van der Waals surface area contributed by atoms with Gasteiger partial charge < -0.3 is 5.32 Å². The highest BCUT2D eigenvalue weighted by molar-refractivity contribution is 7.89. The van der Waals surface area contributed by atoms with E-state index < -0.39 is 15.9 Å². The number of carbonyl (C=O) groups excluding carboxylic acids is 1. The van der Waals surface area contributed by atoms with Crippen molar-refractivity contribution < 1.29 is 13.2 Å². The highest BCUT2D eigenvalue weighted by atomic mass is 32.2. The van der Waals surface area contributed by atoms with Gasteiger partial charge in [0.1, 0.15) is 0 Å². The van der Waals surface area contributed by atoms with Gasteiger partial charge in [0, 0.05) is 18.1 Å². The van der Waals surface area contributed by atoms with Gasteiger partial charge in [0.2, 0.25) is 10.0 Å². The first-order valence-electron chi connectivity index (χ1n) is 8.01. The number of hydrogen-bond acceptors (Lipinski definition) is 5. The van der Waals surface area contributed by atoms with Crippen LogP contribution in [0.4, 0.5) is 5.69 Å². The summed E-state index contributed by atoms with van der Waals surface area (Å²) in [6, 6.07) is 9.41. The Bertz CT molecular complexity index is 1250. The molecule has 0 saturated carbocycles. The van der Waals surface area contributed by atoms with Gasteiger partial charge in [-0.15, -0.1) is 0 Å². The molecule has 0 atom stereocenters. The maximum absolute atomic E-state index is 12.8. The molecule has 140 valence electrons. The van der Waals surface area contributed by atoms with E-state index in [4.69, 9.17) is 5.14 Å². The Morgan fingerprint density at radius 3 is 2.41 bits per heavy atom. The van der Waals surface area contributed by atoms with Crippen LogP contribution in [0.15, 0.2) is 46.1 Å². The molecule has 3 aromatic rings. The molecule has 0 aliphatic carbocycles. The minimum Gasteiger partial charge on any atom is -0.320 e. The average Bonchev–Trinajstić information content (AvgIpc) is 2.60. The van der Waals surface area contributed by atoms with E-state index in [9.17, 15) is 18.0 Å². The van der Waals surface area contributed by atoms with E-state index in [-0.39, 0.29) is 16.1 Å². The fourth-order valence-corrected chi connectivity index (χ4v) is 3.39. The predicted molar refractivity (Wildman–Crippen MR) is 102 cm³/mol. The van der Waals surface area contributed by atoms with Gasteiger partial charge in [-0.1, -0.05) is 18.2 Å². The number of hydrogen-bond donors (Lipinski definition) is 2. The normalized spacial score (nSPS) is 11.6. The largest absolute Gasteiger partial charge is 0.320 e. The second kappa shape index (κ2) is 6.60. The van der Waals surface area contributed by atoms with Crippen LogP contribution >= 0.6 is 0 Å². The van der Waals surface area contributed by atoms with E-state index in [0.717, 1.165) is 4.68 Å². The van der Waals surface area contributed by atoms with Crippen molar-refractivity contribution in [2.45, 2.75) is 18.7 Å². The van der Waals surface area contributed by atoms with Gasteiger partial charge in [-0.25, -0.2) is 18.2 Å². The smallest absolute Gasteiger partial charge is 0.276 e. The van der Waals surface area contributed by atoms with Crippen LogP contribution in [0.5, 0.6) is 0 Å². The molecule has 0 aliphatic rings. The summed E-state index contributed by atoms with van der Waals surface area (Å²) in [5, 5.41) is 12.7.